The Bertz CT molecular complexity index is 401. The first kappa shape index (κ1) is 17.4. The average molecular weight is 282 g/mol. The lowest BCUT2D eigenvalue weighted by atomic mass is 10.2. The number of carbonyl (C=O) groups excluding carboxylic acids is 2. The summed E-state index contributed by atoms with van der Waals surface area (Å²) in [6.07, 6.45) is 2.83. The zero-order valence-corrected chi connectivity index (χ0v) is 11.0. The second-order valence-electron chi connectivity index (χ2n) is 3.80. The third-order valence-corrected chi connectivity index (χ3v) is 2.19. The summed E-state index contributed by atoms with van der Waals surface area (Å²) in [5.41, 5.74) is -0.0799. The summed E-state index contributed by atoms with van der Waals surface area (Å²) in [6, 6.07) is 1.75. The molecule has 0 aliphatic carbocycles. The van der Waals surface area contributed by atoms with E-state index in [1.165, 1.54) is 6.20 Å². The second kappa shape index (κ2) is 11.5. The van der Waals surface area contributed by atoms with Gasteiger partial charge in [-0.2, -0.15) is 5.26 Å². The maximum atomic E-state index is 11.5. The van der Waals surface area contributed by atoms with Crippen LogP contribution >= 0.6 is 0 Å². The maximum Gasteiger partial charge on any atom is 0.303 e. The predicted molar refractivity (Wildman–Crippen MR) is 70.3 cm³/mol. The number of nitriles is 1. The fourth-order valence-electron chi connectivity index (χ4n) is 1.21. The van der Waals surface area contributed by atoms with Crippen LogP contribution in [0.2, 0.25) is 0 Å². The molecule has 20 heavy (non-hydrogen) atoms. The van der Waals surface area contributed by atoms with E-state index in [2.05, 4.69) is 16.0 Å². The number of nitrogens with zero attached hydrogens (tertiary/aromatic N) is 1. The van der Waals surface area contributed by atoms with Crippen molar-refractivity contribution in [2.24, 2.45) is 0 Å². The summed E-state index contributed by atoms with van der Waals surface area (Å²) in [5, 5.41) is 25.0. The molecule has 0 bridgehead atoms. The van der Waals surface area contributed by atoms with Gasteiger partial charge in [0, 0.05) is 32.3 Å². The highest BCUT2D eigenvalue weighted by molar-refractivity contribution is 5.97. The molecule has 0 radical (unpaired) electrons. The highest BCUT2D eigenvalue weighted by Crippen LogP contribution is 1.92. The van der Waals surface area contributed by atoms with E-state index in [4.69, 9.17) is 10.4 Å². The summed E-state index contributed by atoms with van der Waals surface area (Å²) in [6.45, 7) is 1.22. The lowest BCUT2D eigenvalue weighted by molar-refractivity contribution is -0.137. The molecule has 0 aromatic rings. The SMILES string of the molecule is N#C/C(=C/NCCCNC=O)C(=O)NCCCC(=O)O. The van der Waals surface area contributed by atoms with Crippen LogP contribution in [0.15, 0.2) is 11.8 Å². The van der Waals surface area contributed by atoms with E-state index in [0.29, 0.717) is 32.3 Å². The van der Waals surface area contributed by atoms with Gasteiger partial charge in [0.2, 0.25) is 6.41 Å². The quantitative estimate of drug-likeness (QED) is 0.168. The van der Waals surface area contributed by atoms with Crippen molar-refractivity contribution in [2.45, 2.75) is 19.3 Å². The van der Waals surface area contributed by atoms with E-state index in [1.54, 1.807) is 6.07 Å². The Balaban J connectivity index is 3.92. The van der Waals surface area contributed by atoms with E-state index in [0.717, 1.165) is 0 Å². The van der Waals surface area contributed by atoms with Gasteiger partial charge in [0.25, 0.3) is 5.91 Å². The number of carboxylic acids is 1. The lowest BCUT2D eigenvalue weighted by Gasteiger charge is -2.04. The van der Waals surface area contributed by atoms with Crippen molar-refractivity contribution in [2.75, 3.05) is 19.6 Å². The molecule has 0 saturated heterocycles. The second-order valence-corrected chi connectivity index (χ2v) is 3.80. The Morgan fingerprint density at radius 3 is 2.45 bits per heavy atom. The number of nitrogens with one attached hydrogen (secondary N) is 3. The van der Waals surface area contributed by atoms with Gasteiger partial charge >= 0.3 is 5.97 Å². The van der Waals surface area contributed by atoms with Crippen LogP contribution in [0.25, 0.3) is 0 Å². The molecule has 0 saturated carbocycles. The summed E-state index contributed by atoms with van der Waals surface area (Å²) in [5.74, 6) is -1.47. The molecular weight excluding hydrogens is 264 g/mol. The van der Waals surface area contributed by atoms with Gasteiger partial charge < -0.3 is 21.1 Å². The van der Waals surface area contributed by atoms with Crippen molar-refractivity contribution in [1.29, 1.82) is 5.26 Å². The zero-order valence-electron chi connectivity index (χ0n) is 11.0. The van der Waals surface area contributed by atoms with Crippen LogP contribution in [-0.2, 0) is 14.4 Å². The van der Waals surface area contributed by atoms with Crippen LogP contribution in [0, 0.1) is 11.3 Å². The van der Waals surface area contributed by atoms with Crippen LogP contribution < -0.4 is 16.0 Å². The van der Waals surface area contributed by atoms with Gasteiger partial charge in [0.1, 0.15) is 11.6 Å². The molecule has 0 unspecified atom stereocenters. The standard InChI is InChI=1S/C12H18N4O4/c13-7-10(8-14-4-2-5-15-9-17)12(20)16-6-1-3-11(18)19/h8-9,14H,1-6H2,(H,15,17)(H,16,20)(H,18,19)/b10-8-. The molecule has 0 aromatic carbocycles. The highest BCUT2D eigenvalue weighted by atomic mass is 16.4. The van der Waals surface area contributed by atoms with E-state index in [9.17, 15) is 14.4 Å². The molecule has 8 nitrogen and oxygen atoms in total. The Hall–Kier alpha value is -2.56. The van der Waals surface area contributed by atoms with Gasteiger partial charge in [-0.1, -0.05) is 0 Å². The van der Waals surface area contributed by atoms with Crippen LogP contribution in [0.4, 0.5) is 0 Å². The Morgan fingerprint density at radius 2 is 1.85 bits per heavy atom. The van der Waals surface area contributed by atoms with Crippen molar-refractivity contribution in [1.82, 2.24) is 16.0 Å². The number of amides is 2. The zero-order chi connectivity index (χ0) is 15.2. The Morgan fingerprint density at radius 1 is 1.15 bits per heavy atom. The molecule has 0 heterocycles. The van der Waals surface area contributed by atoms with E-state index in [-0.39, 0.29) is 18.5 Å². The molecule has 0 atom stereocenters. The van der Waals surface area contributed by atoms with Crippen molar-refractivity contribution < 1.29 is 19.5 Å². The van der Waals surface area contributed by atoms with Crippen LogP contribution in [0.1, 0.15) is 19.3 Å². The molecule has 0 rings (SSSR count). The fourth-order valence-corrected chi connectivity index (χ4v) is 1.21. The van der Waals surface area contributed by atoms with Crippen molar-refractivity contribution >= 4 is 18.3 Å². The minimum atomic E-state index is -0.930. The summed E-state index contributed by atoms with van der Waals surface area (Å²) >= 11 is 0. The number of aliphatic carboxylic acids is 1. The molecule has 110 valence electrons. The lowest BCUT2D eigenvalue weighted by Crippen LogP contribution is -2.27. The third-order valence-electron chi connectivity index (χ3n) is 2.19. The normalized spacial score (nSPS) is 10.2. The molecule has 2 amide bonds. The van der Waals surface area contributed by atoms with Gasteiger partial charge in [0.05, 0.1) is 0 Å². The van der Waals surface area contributed by atoms with Crippen molar-refractivity contribution in [3.63, 3.8) is 0 Å². The van der Waals surface area contributed by atoms with E-state index >= 15 is 0 Å². The van der Waals surface area contributed by atoms with Gasteiger partial charge in [-0.15, -0.1) is 0 Å². The molecule has 0 aliphatic rings. The molecule has 0 spiro atoms. The largest absolute Gasteiger partial charge is 0.481 e. The molecular formula is C12H18N4O4. The number of rotatable bonds is 11. The molecule has 0 fully saturated rings. The topological polar surface area (TPSA) is 131 Å². The highest BCUT2D eigenvalue weighted by Gasteiger charge is 2.07. The monoisotopic (exact) mass is 282 g/mol. The average Bonchev–Trinajstić information content (AvgIpc) is 2.42. The minimum Gasteiger partial charge on any atom is -0.481 e. The van der Waals surface area contributed by atoms with Gasteiger partial charge in [-0.05, 0) is 12.8 Å². The fraction of sp³-hybridized carbons (Fsp3) is 0.500. The molecule has 0 aromatic heterocycles. The van der Waals surface area contributed by atoms with Gasteiger partial charge in [-0.25, -0.2) is 0 Å². The van der Waals surface area contributed by atoms with Gasteiger partial charge in [-0.3, -0.25) is 14.4 Å². The first-order valence-electron chi connectivity index (χ1n) is 6.12. The number of hydrogen-bond acceptors (Lipinski definition) is 5. The van der Waals surface area contributed by atoms with Crippen LogP contribution in [-0.4, -0.2) is 43.0 Å². The molecule has 8 heteroatoms. The Labute approximate surface area is 116 Å². The smallest absolute Gasteiger partial charge is 0.303 e. The van der Waals surface area contributed by atoms with Crippen LogP contribution in [0.5, 0.6) is 0 Å². The summed E-state index contributed by atoms with van der Waals surface area (Å²) < 4.78 is 0. The van der Waals surface area contributed by atoms with Crippen LogP contribution in [0.3, 0.4) is 0 Å². The van der Waals surface area contributed by atoms with Gasteiger partial charge in [0.15, 0.2) is 0 Å². The van der Waals surface area contributed by atoms with Crippen molar-refractivity contribution in [3.05, 3.63) is 11.8 Å². The van der Waals surface area contributed by atoms with E-state index < -0.39 is 11.9 Å². The predicted octanol–water partition coefficient (Wildman–Crippen LogP) is -0.899. The maximum absolute atomic E-state index is 11.5. The first-order valence-corrected chi connectivity index (χ1v) is 6.12. The van der Waals surface area contributed by atoms with Crippen molar-refractivity contribution in [3.8, 4) is 6.07 Å². The third kappa shape index (κ3) is 9.47. The number of carboxylic acid groups (broad SMARTS) is 1. The number of carbonyl (C=O) groups is 3. The number of hydrogen-bond donors (Lipinski definition) is 4. The summed E-state index contributed by atoms with van der Waals surface area (Å²) in [7, 11) is 0. The Kier molecular flexibility index (Phi) is 10.1. The minimum absolute atomic E-state index is 0.0339. The van der Waals surface area contributed by atoms with E-state index in [1.807, 2.05) is 0 Å². The molecule has 0 aliphatic heterocycles. The first-order chi connectivity index (χ1) is 9.61. The summed E-state index contributed by atoms with van der Waals surface area (Å²) in [4.78, 5) is 31.8. The molecule has 4 N–H and O–H groups in total.